The molecule has 3 heterocycles. The monoisotopic (exact) mass is 493 g/mol. The number of H-pyrrole nitrogens is 1. The Morgan fingerprint density at radius 2 is 1.91 bits per heavy atom. The van der Waals surface area contributed by atoms with E-state index in [1.165, 1.54) is 22.9 Å². The van der Waals surface area contributed by atoms with Crippen molar-refractivity contribution in [3.05, 3.63) is 83.1 Å². The van der Waals surface area contributed by atoms with Crippen molar-refractivity contribution in [1.29, 1.82) is 0 Å². The van der Waals surface area contributed by atoms with Crippen LogP contribution in [0.1, 0.15) is 27.3 Å². The van der Waals surface area contributed by atoms with E-state index >= 15 is 0 Å². The summed E-state index contributed by atoms with van der Waals surface area (Å²) in [4.78, 5) is 17.6. The number of ether oxygens (including phenoxy) is 1. The van der Waals surface area contributed by atoms with Crippen LogP contribution in [0.25, 0.3) is 5.65 Å². The average molecular weight is 494 g/mol. The van der Waals surface area contributed by atoms with Crippen molar-refractivity contribution in [1.82, 2.24) is 24.9 Å². The van der Waals surface area contributed by atoms with Gasteiger partial charge in [-0.25, -0.2) is 13.8 Å². The van der Waals surface area contributed by atoms with Crippen LogP contribution in [0.3, 0.4) is 0 Å². The third-order valence-electron chi connectivity index (χ3n) is 5.38. The highest BCUT2D eigenvalue weighted by Gasteiger charge is 2.35. The minimum Gasteiger partial charge on any atom is -0.485 e. The second-order valence-corrected chi connectivity index (χ2v) is 7.44. The molecule has 0 fully saturated rings. The number of carbonyl (C=O) groups is 1. The molecule has 34 heavy (non-hydrogen) atoms. The van der Waals surface area contributed by atoms with Gasteiger partial charge in [-0.1, -0.05) is 6.07 Å². The number of aryl methyl sites for hydroxylation is 1. The van der Waals surface area contributed by atoms with Crippen LogP contribution in [0, 0.1) is 18.6 Å². The zero-order valence-corrected chi connectivity index (χ0v) is 18.8. The van der Waals surface area contributed by atoms with E-state index in [-0.39, 0.29) is 41.7 Å². The fourth-order valence-corrected chi connectivity index (χ4v) is 3.54. The lowest BCUT2D eigenvalue weighted by Gasteiger charge is -2.30. The summed E-state index contributed by atoms with van der Waals surface area (Å²) in [5.74, 6) is -1.86. The molecule has 1 amide bonds. The molecule has 0 atom stereocenters. The van der Waals surface area contributed by atoms with Crippen LogP contribution >= 0.6 is 12.4 Å². The van der Waals surface area contributed by atoms with Gasteiger partial charge in [-0.15, -0.1) is 12.4 Å². The van der Waals surface area contributed by atoms with E-state index in [1.807, 2.05) is 0 Å². The Hall–Kier alpha value is -3.54. The highest BCUT2D eigenvalue weighted by atomic mass is 35.5. The fraction of sp³-hybridized carbons (Fsp3) is 0.227. The third-order valence-corrected chi connectivity index (χ3v) is 5.38. The first-order valence-corrected chi connectivity index (χ1v) is 9.97. The molecule has 180 valence electrons. The van der Waals surface area contributed by atoms with Crippen molar-refractivity contribution >= 4 is 24.0 Å². The topological polar surface area (TPSA) is 125 Å². The molecule has 3 aromatic heterocycles. The number of imidazole rings is 1. The zero-order valence-electron chi connectivity index (χ0n) is 18.0. The molecule has 0 unspecified atom stereocenters. The summed E-state index contributed by atoms with van der Waals surface area (Å²) in [6, 6.07) is 6.71. The van der Waals surface area contributed by atoms with E-state index in [9.17, 15) is 23.8 Å². The third kappa shape index (κ3) is 4.45. The summed E-state index contributed by atoms with van der Waals surface area (Å²) in [5, 5.41) is 28.9. The number of amides is 1. The van der Waals surface area contributed by atoms with E-state index in [0.29, 0.717) is 11.3 Å². The van der Waals surface area contributed by atoms with E-state index in [0.717, 1.165) is 12.1 Å². The Bertz CT molecular complexity index is 1270. The van der Waals surface area contributed by atoms with Gasteiger partial charge in [0.1, 0.15) is 29.5 Å². The van der Waals surface area contributed by atoms with E-state index in [1.54, 1.807) is 25.3 Å². The Balaban J connectivity index is 0.00000324. The quantitative estimate of drug-likeness (QED) is 0.298. The molecule has 4 N–H and O–H groups in total. The fourth-order valence-electron chi connectivity index (χ4n) is 3.54. The number of carbonyl (C=O) groups excluding carboxylic acids is 1. The van der Waals surface area contributed by atoms with Gasteiger partial charge in [-0.05, 0) is 31.2 Å². The van der Waals surface area contributed by atoms with E-state index < -0.39 is 36.3 Å². The number of nitrogens with one attached hydrogen (secondary N) is 2. The summed E-state index contributed by atoms with van der Waals surface area (Å²) < 4.78 is 35.0. The molecule has 0 radical (unpaired) electrons. The van der Waals surface area contributed by atoms with Gasteiger partial charge in [0.25, 0.3) is 5.91 Å². The summed E-state index contributed by atoms with van der Waals surface area (Å²) in [7, 11) is 0. The van der Waals surface area contributed by atoms with Crippen LogP contribution in [0.15, 0.2) is 48.9 Å². The Morgan fingerprint density at radius 1 is 1.21 bits per heavy atom. The predicted octanol–water partition coefficient (Wildman–Crippen LogP) is 2.25. The molecule has 0 aliphatic carbocycles. The number of aliphatic hydroxyl groups is 2. The first-order valence-electron chi connectivity index (χ1n) is 9.97. The van der Waals surface area contributed by atoms with Crippen molar-refractivity contribution < 1.29 is 28.5 Å². The summed E-state index contributed by atoms with van der Waals surface area (Å²) in [6.07, 6.45) is 4.43. The minimum atomic E-state index is -1.48. The maximum Gasteiger partial charge on any atom is 0.271 e. The molecule has 1 aromatic carbocycles. The number of hydrogen-bond donors (Lipinski definition) is 4. The summed E-state index contributed by atoms with van der Waals surface area (Å²) in [5.41, 5.74) is -0.560. The maximum atomic E-state index is 13.9. The Morgan fingerprint density at radius 3 is 2.53 bits per heavy atom. The molecule has 0 saturated carbocycles. The van der Waals surface area contributed by atoms with Crippen molar-refractivity contribution in [2.24, 2.45) is 0 Å². The maximum absolute atomic E-state index is 13.9. The zero-order chi connectivity index (χ0) is 23.6. The molecule has 4 aromatic rings. The minimum absolute atomic E-state index is 0. The Kier molecular flexibility index (Phi) is 7.50. The van der Waals surface area contributed by atoms with E-state index in [4.69, 9.17) is 4.74 Å². The second-order valence-electron chi connectivity index (χ2n) is 7.44. The van der Waals surface area contributed by atoms with Gasteiger partial charge in [0.15, 0.2) is 11.4 Å². The molecule has 0 spiro atoms. The highest BCUT2D eigenvalue weighted by molar-refractivity contribution is 5.95. The number of pyridine rings is 1. The molecular weight excluding hydrogens is 472 g/mol. The molecule has 0 saturated heterocycles. The van der Waals surface area contributed by atoms with Gasteiger partial charge < -0.3 is 20.3 Å². The number of aromatic amines is 1. The highest BCUT2D eigenvalue weighted by Crippen LogP contribution is 2.26. The normalized spacial score (nSPS) is 11.3. The van der Waals surface area contributed by atoms with Gasteiger partial charge in [0, 0.05) is 18.0 Å². The summed E-state index contributed by atoms with van der Waals surface area (Å²) >= 11 is 0. The van der Waals surface area contributed by atoms with Crippen LogP contribution in [0.5, 0.6) is 5.75 Å². The van der Waals surface area contributed by atoms with Gasteiger partial charge in [0.05, 0.1) is 30.7 Å². The number of nitrogens with zero attached hydrogens (tertiary/aromatic N) is 3. The number of rotatable bonds is 8. The SMILES string of the molecule is Cc1nc2c(OCc3c(F)cccc3F)cccn2c1C(=O)NC(CO)(CO)c1cn[nH]c1.Cl. The van der Waals surface area contributed by atoms with Gasteiger partial charge in [-0.2, -0.15) is 5.10 Å². The number of halogens is 3. The largest absolute Gasteiger partial charge is 0.485 e. The number of aliphatic hydroxyl groups excluding tert-OH is 2. The smallest absolute Gasteiger partial charge is 0.271 e. The van der Waals surface area contributed by atoms with E-state index in [2.05, 4.69) is 20.5 Å². The number of hydrogen-bond acceptors (Lipinski definition) is 6. The standard InChI is InChI=1S/C22H21F2N5O4.ClH/c1-13-19(21(32)28-22(11-30,12-31)14-8-25-26-9-14)29-7-3-6-18(20(29)27-13)33-10-15-16(23)4-2-5-17(15)24;/h2-9,30-31H,10-12H2,1H3,(H,25,26)(H,28,32);1H. The first-order chi connectivity index (χ1) is 15.9. The van der Waals surface area contributed by atoms with Crippen LogP contribution in [-0.4, -0.2) is 48.9 Å². The summed E-state index contributed by atoms with van der Waals surface area (Å²) in [6.45, 7) is 0.0874. The molecule has 0 aliphatic heterocycles. The lowest BCUT2D eigenvalue weighted by Crippen LogP contribution is -2.51. The van der Waals surface area contributed by atoms with Crippen molar-refractivity contribution in [2.75, 3.05) is 13.2 Å². The van der Waals surface area contributed by atoms with Gasteiger partial charge in [-0.3, -0.25) is 14.3 Å². The number of benzene rings is 1. The molecule has 12 heteroatoms. The molecule has 9 nitrogen and oxygen atoms in total. The van der Waals surface area contributed by atoms with Gasteiger partial charge in [0.2, 0.25) is 0 Å². The number of fused-ring (bicyclic) bond motifs is 1. The van der Waals surface area contributed by atoms with Gasteiger partial charge >= 0.3 is 0 Å². The van der Waals surface area contributed by atoms with Crippen LogP contribution in [-0.2, 0) is 12.1 Å². The molecule has 0 bridgehead atoms. The van der Waals surface area contributed by atoms with Crippen LogP contribution in [0.4, 0.5) is 8.78 Å². The first kappa shape index (κ1) is 25.1. The second kappa shape index (κ2) is 10.2. The van der Waals surface area contributed by atoms with Crippen LogP contribution < -0.4 is 10.1 Å². The lowest BCUT2D eigenvalue weighted by atomic mass is 9.94. The predicted molar refractivity (Wildman–Crippen MR) is 120 cm³/mol. The lowest BCUT2D eigenvalue weighted by molar-refractivity contribution is 0.0653. The van der Waals surface area contributed by atoms with Crippen molar-refractivity contribution in [3.63, 3.8) is 0 Å². The molecule has 4 rings (SSSR count). The Labute approximate surface area is 198 Å². The van der Waals surface area contributed by atoms with Crippen LogP contribution in [0.2, 0.25) is 0 Å². The number of aromatic nitrogens is 4. The van der Waals surface area contributed by atoms with Crippen molar-refractivity contribution in [3.8, 4) is 5.75 Å². The molecule has 0 aliphatic rings. The molecular formula is C22H22ClF2N5O4. The average Bonchev–Trinajstić information content (AvgIpc) is 3.45. The van der Waals surface area contributed by atoms with Crippen molar-refractivity contribution in [2.45, 2.75) is 19.1 Å².